The predicted molar refractivity (Wildman–Crippen MR) is 117 cm³/mol. The third-order valence-electron chi connectivity index (χ3n) is 6.22. The Balaban J connectivity index is 1.51. The van der Waals surface area contributed by atoms with E-state index >= 15 is 4.39 Å². The van der Waals surface area contributed by atoms with E-state index in [0.29, 0.717) is 18.2 Å². The molecule has 2 aromatic heterocycles. The summed E-state index contributed by atoms with van der Waals surface area (Å²) in [6.45, 7) is 8.16. The number of piperidine rings is 1. The van der Waals surface area contributed by atoms with Crippen molar-refractivity contribution in [3.63, 3.8) is 0 Å². The predicted octanol–water partition coefficient (Wildman–Crippen LogP) is 3.21. The zero-order chi connectivity index (χ0) is 22.2. The molecule has 1 saturated heterocycles. The van der Waals surface area contributed by atoms with Gasteiger partial charge in [-0.15, -0.1) is 5.10 Å². The molecule has 2 N–H and O–H groups in total. The van der Waals surface area contributed by atoms with Gasteiger partial charge in [-0.1, -0.05) is 6.07 Å². The first-order chi connectivity index (χ1) is 14.7. The van der Waals surface area contributed by atoms with E-state index in [1.165, 1.54) is 6.33 Å². The van der Waals surface area contributed by atoms with Gasteiger partial charge in [-0.05, 0) is 75.9 Å². The van der Waals surface area contributed by atoms with Gasteiger partial charge in [-0.2, -0.15) is 4.98 Å². The van der Waals surface area contributed by atoms with E-state index in [4.69, 9.17) is 0 Å². The summed E-state index contributed by atoms with van der Waals surface area (Å²) in [5.41, 5.74) is 0.856. The number of alkyl halides is 1. The van der Waals surface area contributed by atoms with Gasteiger partial charge in [0.25, 0.3) is 0 Å². The smallest absolute Gasteiger partial charge is 0.229 e. The van der Waals surface area contributed by atoms with Crippen LogP contribution < -0.4 is 10.6 Å². The van der Waals surface area contributed by atoms with Crippen molar-refractivity contribution in [2.75, 3.05) is 17.7 Å². The van der Waals surface area contributed by atoms with Crippen LogP contribution >= 0.6 is 0 Å². The van der Waals surface area contributed by atoms with Crippen LogP contribution in [0.25, 0.3) is 5.69 Å². The van der Waals surface area contributed by atoms with Crippen LogP contribution in [0.1, 0.15) is 34.1 Å². The molecule has 10 heteroatoms. The first-order valence-corrected chi connectivity index (χ1v) is 10.2. The Labute approximate surface area is 181 Å². The molecule has 1 aliphatic rings. The Hall–Kier alpha value is -3.14. The lowest BCUT2D eigenvalue weighted by atomic mass is 9.76. The highest BCUT2D eigenvalue weighted by Crippen LogP contribution is 2.39. The summed E-state index contributed by atoms with van der Waals surface area (Å²) in [5, 5.41) is 17.7. The number of nitrogens with zero attached hydrogens (tertiary/aromatic N) is 7. The summed E-state index contributed by atoms with van der Waals surface area (Å²) in [6, 6.07) is 8.97. The molecule has 164 valence electrons. The highest BCUT2D eigenvalue weighted by molar-refractivity contribution is 5.58. The number of hydrogen-bond acceptors (Lipinski definition) is 8. The largest absolute Gasteiger partial charge is 0.364 e. The van der Waals surface area contributed by atoms with E-state index in [9.17, 15) is 0 Å². The minimum Gasteiger partial charge on any atom is -0.364 e. The van der Waals surface area contributed by atoms with Gasteiger partial charge in [0.05, 0.1) is 11.7 Å². The second-order valence-corrected chi connectivity index (χ2v) is 9.08. The van der Waals surface area contributed by atoms with Gasteiger partial charge < -0.3 is 10.6 Å². The van der Waals surface area contributed by atoms with Gasteiger partial charge in [0, 0.05) is 23.0 Å². The molecule has 9 nitrogen and oxygen atoms in total. The number of tetrazole rings is 1. The number of rotatable bonds is 5. The van der Waals surface area contributed by atoms with Gasteiger partial charge in [0.15, 0.2) is 0 Å². The molecule has 3 aromatic rings. The fourth-order valence-electron chi connectivity index (χ4n) is 4.18. The van der Waals surface area contributed by atoms with Crippen molar-refractivity contribution < 1.29 is 4.39 Å². The summed E-state index contributed by atoms with van der Waals surface area (Å²) >= 11 is 0. The van der Waals surface area contributed by atoms with Crippen molar-refractivity contribution >= 4 is 17.5 Å². The molecule has 0 aliphatic carbocycles. The molecule has 2 atom stereocenters. The number of aromatic nitrogens is 6. The SMILES string of the molecule is CN1C(C)(C)CC(Nc2ccnc(Nc3cccc(-n4cnnn4)c3)n2)C(F)C1(C)C. The third kappa shape index (κ3) is 4.20. The number of benzene rings is 1. The third-order valence-corrected chi connectivity index (χ3v) is 6.22. The van der Waals surface area contributed by atoms with Crippen molar-refractivity contribution in [2.24, 2.45) is 0 Å². The Morgan fingerprint density at radius 2 is 1.97 bits per heavy atom. The number of hydrogen-bond donors (Lipinski definition) is 2. The molecule has 0 saturated carbocycles. The maximum Gasteiger partial charge on any atom is 0.229 e. The van der Waals surface area contributed by atoms with E-state index in [0.717, 1.165) is 11.4 Å². The van der Waals surface area contributed by atoms with E-state index in [1.54, 1.807) is 16.9 Å². The molecule has 0 spiro atoms. The van der Waals surface area contributed by atoms with E-state index < -0.39 is 11.7 Å². The molecule has 0 amide bonds. The lowest BCUT2D eigenvalue weighted by Gasteiger charge is -2.55. The van der Waals surface area contributed by atoms with Crippen LogP contribution in [0.15, 0.2) is 42.9 Å². The van der Waals surface area contributed by atoms with Crippen LogP contribution in [0, 0.1) is 0 Å². The van der Waals surface area contributed by atoms with Gasteiger partial charge in [-0.3, -0.25) is 4.90 Å². The Morgan fingerprint density at radius 1 is 1.16 bits per heavy atom. The minimum absolute atomic E-state index is 0.144. The average Bonchev–Trinajstić information content (AvgIpc) is 3.26. The minimum atomic E-state index is -1.05. The highest BCUT2D eigenvalue weighted by Gasteiger charge is 2.50. The molecule has 1 aromatic carbocycles. The highest BCUT2D eigenvalue weighted by atomic mass is 19.1. The van der Waals surface area contributed by atoms with Crippen LogP contribution in [0.5, 0.6) is 0 Å². The Bertz CT molecular complexity index is 1030. The maximum atomic E-state index is 15.3. The summed E-state index contributed by atoms with van der Waals surface area (Å²) < 4.78 is 16.9. The second kappa shape index (κ2) is 7.84. The Kier molecular flexibility index (Phi) is 5.34. The Morgan fingerprint density at radius 3 is 2.71 bits per heavy atom. The van der Waals surface area contributed by atoms with Crippen LogP contribution in [-0.4, -0.2) is 65.4 Å². The lowest BCUT2D eigenvalue weighted by molar-refractivity contribution is -0.0631. The number of likely N-dealkylation sites (tertiary alicyclic amines) is 1. The van der Waals surface area contributed by atoms with E-state index in [1.807, 2.05) is 45.2 Å². The van der Waals surface area contributed by atoms with Crippen molar-refractivity contribution in [2.45, 2.75) is 57.4 Å². The number of halogens is 1. The molecular weight excluding hydrogens is 397 g/mol. The maximum absolute atomic E-state index is 15.3. The van der Waals surface area contributed by atoms with E-state index in [-0.39, 0.29) is 11.6 Å². The van der Waals surface area contributed by atoms with Gasteiger partial charge >= 0.3 is 0 Å². The molecule has 1 fully saturated rings. The molecule has 3 heterocycles. The number of anilines is 3. The molecule has 4 rings (SSSR count). The molecule has 31 heavy (non-hydrogen) atoms. The summed E-state index contributed by atoms with van der Waals surface area (Å²) in [4.78, 5) is 11.0. The molecule has 2 unspecified atom stereocenters. The fraction of sp³-hybridized carbons (Fsp3) is 0.476. The summed E-state index contributed by atoms with van der Waals surface area (Å²) in [5.74, 6) is 0.999. The second-order valence-electron chi connectivity index (χ2n) is 9.08. The molecule has 1 aliphatic heterocycles. The van der Waals surface area contributed by atoms with Gasteiger partial charge in [-0.25, -0.2) is 14.1 Å². The molecule has 0 radical (unpaired) electrons. The van der Waals surface area contributed by atoms with Crippen molar-refractivity contribution in [1.82, 2.24) is 35.1 Å². The molecule has 0 bridgehead atoms. The van der Waals surface area contributed by atoms with Gasteiger partial charge in [0.1, 0.15) is 18.3 Å². The van der Waals surface area contributed by atoms with Crippen LogP contribution in [0.4, 0.5) is 21.8 Å². The summed E-state index contributed by atoms with van der Waals surface area (Å²) in [7, 11) is 1.99. The molecular formula is C21H28FN9. The average molecular weight is 426 g/mol. The van der Waals surface area contributed by atoms with Gasteiger partial charge in [0.2, 0.25) is 5.95 Å². The van der Waals surface area contributed by atoms with Crippen molar-refractivity contribution in [1.29, 1.82) is 0 Å². The number of nitrogens with one attached hydrogen (secondary N) is 2. The van der Waals surface area contributed by atoms with Crippen molar-refractivity contribution in [3.8, 4) is 5.69 Å². The first kappa shape index (κ1) is 21.1. The lowest BCUT2D eigenvalue weighted by Crippen LogP contribution is -2.67. The zero-order valence-corrected chi connectivity index (χ0v) is 18.4. The first-order valence-electron chi connectivity index (χ1n) is 10.2. The fourth-order valence-corrected chi connectivity index (χ4v) is 4.18. The normalized spacial score (nSPS) is 22.8. The zero-order valence-electron chi connectivity index (χ0n) is 18.4. The van der Waals surface area contributed by atoms with Crippen LogP contribution in [-0.2, 0) is 0 Å². The quantitative estimate of drug-likeness (QED) is 0.643. The topological polar surface area (TPSA) is 96.7 Å². The standard InChI is InChI=1S/C21H28FN9/c1-20(2)12-16(18(22)21(3,4)30(20)5)26-17-9-10-23-19(27-17)25-14-7-6-8-15(11-14)31-13-24-28-29-31/h6-11,13,16,18H,12H2,1-5H3,(H2,23,25,26,27). The monoisotopic (exact) mass is 425 g/mol. The van der Waals surface area contributed by atoms with E-state index in [2.05, 4.69) is 54.9 Å². The summed E-state index contributed by atoms with van der Waals surface area (Å²) in [6.07, 6.45) is 2.79. The van der Waals surface area contributed by atoms with Crippen LogP contribution in [0.2, 0.25) is 0 Å². The van der Waals surface area contributed by atoms with Crippen LogP contribution in [0.3, 0.4) is 0 Å². The van der Waals surface area contributed by atoms with Crippen molar-refractivity contribution in [3.05, 3.63) is 42.9 Å².